The molecule has 2 aromatic heterocycles. The highest BCUT2D eigenvalue weighted by Crippen LogP contribution is 2.34. The molecule has 4 aromatic rings. The first-order valence-electron chi connectivity index (χ1n) is 7.73. The van der Waals surface area contributed by atoms with E-state index in [1.165, 1.54) is 31.6 Å². The van der Waals surface area contributed by atoms with E-state index in [1.54, 1.807) is 23.3 Å². The van der Waals surface area contributed by atoms with Crippen LogP contribution in [0.3, 0.4) is 0 Å². The lowest BCUT2D eigenvalue weighted by Gasteiger charge is -2.07. The van der Waals surface area contributed by atoms with Gasteiger partial charge in [0.25, 0.3) is 0 Å². The van der Waals surface area contributed by atoms with Crippen molar-refractivity contribution in [1.29, 1.82) is 0 Å². The third-order valence-corrected chi connectivity index (χ3v) is 6.11. The zero-order valence-corrected chi connectivity index (χ0v) is 14.1. The number of hydrogen-bond donors (Lipinski definition) is 1. The molecule has 114 valence electrons. The Labute approximate surface area is 142 Å². The molecule has 1 aliphatic rings. The maximum Gasteiger partial charge on any atom is 0.0812 e. The van der Waals surface area contributed by atoms with Crippen LogP contribution in [0.25, 0.3) is 21.1 Å². The molecule has 5 rings (SSSR count). The number of nitrogens with one attached hydrogen (secondary N) is 1. The minimum Gasteiger partial charge on any atom is -0.312 e. The van der Waals surface area contributed by atoms with E-state index in [0.29, 0.717) is 0 Å². The van der Waals surface area contributed by atoms with Crippen molar-refractivity contribution in [3.05, 3.63) is 59.2 Å². The van der Waals surface area contributed by atoms with Gasteiger partial charge in [0.2, 0.25) is 0 Å². The summed E-state index contributed by atoms with van der Waals surface area (Å²) < 4.78 is 3.57. The van der Waals surface area contributed by atoms with E-state index in [2.05, 4.69) is 56.9 Å². The van der Waals surface area contributed by atoms with E-state index in [-0.39, 0.29) is 0 Å². The topological polar surface area (TPSA) is 29.9 Å². The van der Waals surface area contributed by atoms with Crippen LogP contribution >= 0.6 is 23.3 Å². The molecule has 3 nitrogen and oxygen atoms in total. The van der Waals surface area contributed by atoms with Gasteiger partial charge < -0.3 is 5.32 Å². The Kier molecular flexibility index (Phi) is 3.18. The van der Waals surface area contributed by atoms with Crippen molar-refractivity contribution in [1.82, 2.24) is 14.3 Å². The van der Waals surface area contributed by atoms with Crippen molar-refractivity contribution in [3.8, 4) is 0 Å². The second kappa shape index (κ2) is 5.37. The summed E-state index contributed by atoms with van der Waals surface area (Å²) in [6.07, 6.45) is 3.40. The standard InChI is InChI=1S/C18H15N3S2/c1-2-12-9-19-7-6-13-10-21(16(3-1)18(12)13)23-14-4-5-15-17(8-14)22-11-20-15/h1-5,8,10-11,19H,6-7,9H2. The van der Waals surface area contributed by atoms with Crippen LogP contribution in [0.1, 0.15) is 11.1 Å². The van der Waals surface area contributed by atoms with Crippen molar-refractivity contribution < 1.29 is 0 Å². The Bertz CT molecular complexity index is 1020. The van der Waals surface area contributed by atoms with Gasteiger partial charge in [0, 0.05) is 23.0 Å². The first-order valence-corrected chi connectivity index (χ1v) is 9.38. The summed E-state index contributed by atoms with van der Waals surface area (Å²) in [6.45, 7) is 2.01. The summed E-state index contributed by atoms with van der Waals surface area (Å²) in [7, 11) is 0. The molecule has 0 radical (unpaired) electrons. The Morgan fingerprint density at radius 2 is 2.17 bits per heavy atom. The molecule has 3 heterocycles. The molecule has 1 N–H and O–H groups in total. The molecule has 2 aromatic carbocycles. The molecule has 1 aliphatic heterocycles. The molecule has 0 atom stereocenters. The van der Waals surface area contributed by atoms with Crippen LogP contribution in [0.5, 0.6) is 0 Å². The van der Waals surface area contributed by atoms with E-state index in [0.717, 1.165) is 25.0 Å². The van der Waals surface area contributed by atoms with E-state index in [4.69, 9.17) is 0 Å². The Morgan fingerprint density at radius 3 is 3.17 bits per heavy atom. The first kappa shape index (κ1) is 13.6. The quantitative estimate of drug-likeness (QED) is 0.586. The van der Waals surface area contributed by atoms with E-state index < -0.39 is 0 Å². The van der Waals surface area contributed by atoms with Crippen LogP contribution in [-0.4, -0.2) is 15.5 Å². The largest absolute Gasteiger partial charge is 0.312 e. The van der Waals surface area contributed by atoms with Crippen molar-refractivity contribution in [2.75, 3.05) is 6.54 Å². The molecular formula is C18H15N3S2. The molecule has 0 bridgehead atoms. The molecule has 23 heavy (non-hydrogen) atoms. The van der Waals surface area contributed by atoms with Crippen LogP contribution in [-0.2, 0) is 13.0 Å². The zero-order chi connectivity index (χ0) is 15.2. The second-order valence-corrected chi connectivity index (χ2v) is 7.73. The van der Waals surface area contributed by atoms with Crippen LogP contribution in [0.4, 0.5) is 0 Å². The van der Waals surface area contributed by atoms with Gasteiger partial charge in [0.1, 0.15) is 0 Å². The van der Waals surface area contributed by atoms with Gasteiger partial charge in [-0.1, -0.05) is 12.1 Å². The Hall–Kier alpha value is -1.82. The Morgan fingerprint density at radius 1 is 1.17 bits per heavy atom. The van der Waals surface area contributed by atoms with Crippen LogP contribution in [0.15, 0.2) is 53.0 Å². The third kappa shape index (κ3) is 2.27. The summed E-state index contributed by atoms with van der Waals surface area (Å²) in [5, 5.41) is 4.94. The Balaban J connectivity index is 1.62. The molecule has 0 unspecified atom stereocenters. The van der Waals surface area contributed by atoms with Crippen molar-refractivity contribution >= 4 is 44.4 Å². The van der Waals surface area contributed by atoms with Crippen LogP contribution in [0, 0.1) is 0 Å². The van der Waals surface area contributed by atoms with Gasteiger partial charge in [-0.25, -0.2) is 4.98 Å². The number of rotatable bonds is 2. The maximum absolute atomic E-state index is 4.36. The van der Waals surface area contributed by atoms with Crippen molar-refractivity contribution in [3.63, 3.8) is 0 Å². The van der Waals surface area contributed by atoms with E-state index in [1.807, 2.05) is 5.51 Å². The van der Waals surface area contributed by atoms with Gasteiger partial charge in [0.15, 0.2) is 0 Å². The molecule has 0 fully saturated rings. The monoisotopic (exact) mass is 337 g/mol. The third-order valence-electron chi connectivity index (χ3n) is 4.35. The minimum absolute atomic E-state index is 0.964. The highest BCUT2D eigenvalue weighted by molar-refractivity contribution is 7.98. The number of fused-ring (bicyclic) bond motifs is 1. The smallest absolute Gasteiger partial charge is 0.0812 e. The first-order chi connectivity index (χ1) is 11.4. The summed E-state index contributed by atoms with van der Waals surface area (Å²) in [6, 6.07) is 13.1. The highest BCUT2D eigenvalue weighted by atomic mass is 32.2. The number of benzene rings is 2. The highest BCUT2D eigenvalue weighted by Gasteiger charge is 2.15. The van der Waals surface area contributed by atoms with Gasteiger partial charge in [-0.15, -0.1) is 11.3 Å². The summed E-state index contributed by atoms with van der Waals surface area (Å²) >= 11 is 3.49. The average Bonchev–Trinajstić information content (AvgIpc) is 3.10. The fraction of sp³-hybridized carbons (Fsp3) is 0.167. The molecule has 0 amide bonds. The van der Waals surface area contributed by atoms with Crippen LogP contribution in [0.2, 0.25) is 0 Å². The fourth-order valence-corrected chi connectivity index (χ4v) is 5.03. The number of hydrogen-bond acceptors (Lipinski definition) is 4. The van der Waals surface area contributed by atoms with E-state index >= 15 is 0 Å². The second-order valence-electron chi connectivity index (χ2n) is 5.79. The molecule has 0 saturated carbocycles. The summed E-state index contributed by atoms with van der Waals surface area (Å²) in [4.78, 5) is 5.62. The number of thiazole rings is 1. The lowest BCUT2D eigenvalue weighted by molar-refractivity contribution is 0.701. The lowest BCUT2D eigenvalue weighted by atomic mass is 10.1. The zero-order valence-electron chi connectivity index (χ0n) is 12.5. The predicted octanol–water partition coefficient (Wildman–Crippen LogP) is 4.45. The maximum atomic E-state index is 4.36. The van der Waals surface area contributed by atoms with Crippen molar-refractivity contribution in [2.45, 2.75) is 17.9 Å². The molecular weight excluding hydrogens is 322 g/mol. The molecule has 0 saturated heterocycles. The van der Waals surface area contributed by atoms with Gasteiger partial charge in [0.05, 0.1) is 21.2 Å². The molecule has 5 heteroatoms. The van der Waals surface area contributed by atoms with Gasteiger partial charge in [-0.2, -0.15) is 0 Å². The normalized spacial score (nSPS) is 14.4. The molecule has 0 spiro atoms. The lowest BCUT2D eigenvalue weighted by Crippen LogP contribution is -2.13. The van der Waals surface area contributed by atoms with Gasteiger partial charge >= 0.3 is 0 Å². The van der Waals surface area contributed by atoms with Crippen LogP contribution < -0.4 is 5.32 Å². The van der Waals surface area contributed by atoms with Gasteiger partial charge in [-0.3, -0.25) is 3.97 Å². The predicted molar refractivity (Wildman–Crippen MR) is 98.2 cm³/mol. The average molecular weight is 337 g/mol. The minimum atomic E-state index is 0.964. The van der Waals surface area contributed by atoms with Crippen molar-refractivity contribution in [2.24, 2.45) is 0 Å². The molecule has 0 aliphatic carbocycles. The fourth-order valence-electron chi connectivity index (χ4n) is 3.28. The summed E-state index contributed by atoms with van der Waals surface area (Å²) in [5.74, 6) is 0. The van der Waals surface area contributed by atoms with Gasteiger partial charge in [-0.05, 0) is 60.3 Å². The summed E-state index contributed by atoms with van der Waals surface area (Å²) in [5.41, 5.74) is 7.17. The van der Waals surface area contributed by atoms with E-state index in [9.17, 15) is 0 Å². The number of aromatic nitrogens is 2. The SMILES string of the molecule is c1cc2c3c(cn(Sc4ccc5ncsc5c4)c3c1)CCNC2. The number of nitrogens with zero attached hydrogens (tertiary/aromatic N) is 2.